The second-order valence-corrected chi connectivity index (χ2v) is 7.62. The van der Waals surface area contributed by atoms with E-state index < -0.39 is 6.10 Å². The van der Waals surface area contributed by atoms with Gasteiger partial charge in [0.1, 0.15) is 6.10 Å². The molecular formula is C19H19NO4S2. The van der Waals surface area contributed by atoms with Crippen molar-refractivity contribution in [1.29, 1.82) is 0 Å². The van der Waals surface area contributed by atoms with Gasteiger partial charge in [-0.3, -0.25) is 4.79 Å². The van der Waals surface area contributed by atoms with Crippen molar-refractivity contribution in [3.8, 4) is 11.5 Å². The van der Waals surface area contributed by atoms with E-state index in [-0.39, 0.29) is 12.5 Å². The number of aliphatic hydroxyl groups is 1. The first kappa shape index (κ1) is 18.4. The molecule has 0 aliphatic carbocycles. The number of ether oxygens (including phenoxy) is 2. The summed E-state index contributed by atoms with van der Waals surface area (Å²) in [5, 5.41) is 15.1. The number of para-hydroxylation sites is 2. The van der Waals surface area contributed by atoms with Gasteiger partial charge in [0.05, 0.1) is 13.7 Å². The average Bonchev–Trinajstić information content (AvgIpc) is 3.36. The van der Waals surface area contributed by atoms with Crippen LogP contribution in [0.15, 0.2) is 53.9 Å². The largest absolute Gasteiger partial charge is 0.493 e. The highest BCUT2D eigenvalue weighted by atomic mass is 32.1. The number of aliphatic hydroxyl groups excluding tert-OH is 1. The molecule has 0 spiro atoms. The Morgan fingerprint density at radius 2 is 1.92 bits per heavy atom. The number of thiophene rings is 2. The molecule has 0 saturated heterocycles. The molecule has 0 fully saturated rings. The van der Waals surface area contributed by atoms with Gasteiger partial charge in [-0.05, 0) is 35.7 Å². The maximum absolute atomic E-state index is 12.0. The van der Waals surface area contributed by atoms with E-state index in [1.165, 1.54) is 22.7 Å². The second-order valence-electron chi connectivity index (χ2n) is 5.44. The van der Waals surface area contributed by atoms with Crippen LogP contribution in [0.1, 0.15) is 20.7 Å². The zero-order valence-electron chi connectivity index (χ0n) is 14.2. The Bertz CT molecular complexity index is 845. The van der Waals surface area contributed by atoms with Gasteiger partial charge in [-0.1, -0.05) is 18.2 Å². The quantitative estimate of drug-likeness (QED) is 0.618. The highest BCUT2D eigenvalue weighted by Crippen LogP contribution is 2.31. The van der Waals surface area contributed by atoms with Crippen LogP contribution in [0.5, 0.6) is 11.5 Å². The van der Waals surface area contributed by atoms with Gasteiger partial charge in [0.25, 0.3) is 5.91 Å². The van der Waals surface area contributed by atoms with Crippen molar-refractivity contribution in [3.63, 3.8) is 0 Å². The van der Waals surface area contributed by atoms with Crippen molar-refractivity contribution < 1.29 is 19.4 Å². The minimum Gasteiger partial charge on any atom is -0.493 e. The Labute approximate surface area is 159 Å². The number of hydrogen-bond donors (Lipinski definition) is 2. The van der Waals surface area contributed by atoms with Gasteiger partial charge >= 0.3 is 0 Å². The minimum atomic E-state index is -0.613. The molecule has 0 bridgehead atoms. The molecule has 136 valence electrons. The first-order chi connectivity index (χ1) is 12.7. The number of hydrogen-bond acceptors (Lipinski definition) is 6. The van der Waals surface area contributed by atoms with E-state index >= 15 is 0 Å². The molecule has 2 N–H and O–H groups in total. The Hall–Kier alpha value is -2.35. The molecule has 0 aliphatic rings. The molecule has 5 nitrogen and oxygen atoms in total. The van der Waals surface area contributed by atoms with Crippen LogP contribution in [0, 0.1) is 0 Å². The first-order valence-corrected chi connectivity index (χ1v) is 9.69. The Morgan fingerprint density at radius 1 is 1.12 bits per heavy atom. The third-order valence-corrected chi connectivity index (χ3v) is 5.71. The van der Waals surface area contributed by atoms with Crippen LogP contribution in [0.4, 0.5) is 0 Å². The highest BCUT2D eigenvalue weighted by Gasteiger charge is 2.14. The van der Waals surface area contributed by atoms with E-state index in [2.05, 4.69) is 5.32 Å². The molecule has 7 heteroatoms. The van der Waals surface area contributed by atoms with Gasteiger partial charge < -0.3 is 19.9 Å². The third kappa shape index (κ3) is 4.63. The van der Waals surface area contributed by atoms with Gasteiger partial charge in [-0.2, -0.15) is 0 Å². The summed E-state index contributed by atoms with van der Waals surface area (Å²) in [6, 6.07) is 14.8. The van der Waals surface area contributed by atoms with Gasteiger partial charge in [-0.15, -0.1) is 22.7 Å². The molecule has 3 aromatic rings. The summed E-state index contributed by atoms with van der Waals surface area (Å²) in [5.41, 5.74) is 0. The molecule has 26 heavy (non-hydrogen) atoms. The fourth-order valence-corrected chi connectivity index (χ4v) is 4.10. The lowest BCUT2D eigenvalue weighted by Crippen LogP contribution is -2.28. The monoisotopic (exact) mass is 389 g/mol. The number of carbonyl (C=O) groups excluding carboxylic acids is 1. The number of amides is 1. The van der Waals surface area contributed by atoms with E-state index in [0.29, 0.717) is 18.0 Å². The van der Waals surface area contributed by atoms with E-state index in [9.17, 15) is 9.90 Å². The predicted molar refractivity (Wildman–Crippen MR) is 103 cm³/mol. The number of nitrogens with one attached hydrogen (secondary N) is 1. The molecule has 0 radical (unpaired) electrons. The van der Waals surface area contributed by atoms with Crippen molar-refractivity contribution in [2.24, 2.45) is 0 Å². The standard InChI is InChI=1S/C19H19NO4S2/c1-23-14-5-2-3-6-15(14)24-12-18(21)20-11-13-8-9-17(26-13)19(22)16-7-4-10-25-16/h2-10,19,22H,11-12H2,1H3,(H,20,21)/t19-/m0/s1. The summed E-state index contributed by atoms with van der Waals surface area (Å²) in [7, 11) is 1.56. The second kappa shape index (κ2) is 8.84. The Kier molecular flexibility index (Phi) is 6.27. The smallest absolute Gasteiger partial charge is 0.258 e. The maximum Gasteiger partial charge on any atom is 0.258 e. The molecule has 2 heterocycles. The lowest BCUT2D eigenvalue weighted by Gasteiger charge is -2.10. The minimum absolute atomic E-state index is 0.0869. The van der Waals surface area contributed by atoms with Gasteiger partial charge in [0.2, 0.25) is 0 Å². The summed E-state index contributed by atoms with van der Waals surface area (Å²) in [6.45, 7) is 0.312. The van der Waals surface area contributed by atoms with Crippen LogP contribution < -0.4 is 14.8 Å². The van der Waals surface area contributed by atoms with Crippen LogP contribution in [0.2, 0.25) is 0 Å². The topological polar surface area (TPSA) is 67.8 Å². The number of carbonyl (C=O) groups is 1. The molecule has 0 aliphatic heterocycles. The fraction of sp³-hybridized carbons (Fsp3) is 0.211. The Balaban J connectivity index is 1.49. The molecule has 2 aromatic heterocycles. The fourth-order valence-electron chi connectivity index (χ4n) is 2.34. The molecule has 0 unspecified atom stereocenters. The van der Waals surface area contributed by atoms with Crippen molar-refractivity contribution in [2.45, 2.75) is 12.6 Å². The van der Waals surface area contributed by atoms with Gasteiger partial charge in [-0.25, -0.2) is 0 Å². The van der Waals surface area contributed by atoms with E-state index in [0.717, 1.165) is 14.6 Å². The van der Waals surface area contributed by atoms with Gasteiger partial charge in [0, 0.05) is 14.6 Å². The van der Waals surface area contributed by atoms with Crippen LogP contribution >= 0.6 is 22.7 Å². The van der Waals surface area contributed by atoms with E-state index in [4.69, 9.17) is 9.47 Å². The molecule has 1 atom stereocenters. The summed E-state index contributed by atoms with van der Waals surface area (Å²) in [6.07, 6.45) is -0.613. The zero-order valence-corrected chi connectivity index (χ0v) is 15.8. The van der Waals surface area contributed by atoms with Crippen molar-refractivity contribution in [2.75, 3.05) is 13.7 Å². The van der Waals surface area contributed by atoms with Crippen molar-refractivity contribution in [3.05, 3.63) is 68.5 Å². The number of rotatable bonds is 8. The normalized spacial score (nSPS) is 11.8. The van der Waals surface area contributed by atoms with Crippen LogP contribution in [0.3, 0.4) is 0 Å². The van der Waals surface area contributed by atoms with Crippen molar-refractivity contribution >= 4 is 28.6 Å². The molecule has 3 rings (SSSR count). The van der Waals surface area contributed by atoms with Crippen molar-refractivity contribution in [1.82, 2.24) is 5.32 Å². The molecule has 1 aromatic carbocycles. The summed E-state index contributed by atoms with van der Waals surface area (Å²) >= 11 is 3.00. The van der Waals surface area contributed by atoms with E-state index in [1.54, 1.807) is 19.2 Å². The van der Waals surface area contributed by atoms with Crippen LogP contribution in [-0.2, 0) is 11.3 Å². The third-order valence-electron chi connectivity index (χ3n) is 3.65. The van der Waals surface area contributed by atoms with Gasteiger partial charge in [0.15, 0.2) is 18.1 Å². The molecule has 1 amide bonds. The highest BCUT2D eigenvalue weighted by molar-refractivity contribution is 7.12. The van der Waals surface area contributed by atoms with E-state index in [1.807, 2.05) is 41.8 Å². The van der Waals surface area contributed by atoms with Crippen LogP contribution in [0.25, 0.3) is 0 Å². The summed E-state index contributed by atoms with van der Waals surface area (Å²) in [5.74, 6) is 0.901. The number of methoxy groups -OCH3 is 1. The van der Waals surface area contributed by atoms with Crippen LogP contribution in [-0.4, -0.2) is 24.7 Å². The molecule has 0 saturated carbocycles. The lowest BCUT2D eigenvalue weighted by molar-refractivity contribution is -0.123. The molecular weight excluding hydrogens is 370 g/mol. The summed E-state index contributed by atoms with van der Waals surface area (Å²) < 4.78 is 10.7. The lowest BCUT2D eigenvalue weighted by atomic mass is 10.2. The average molecular weight is 389 g/mol. The Morgan fingerprint density at radius 3 is 2.65 bits per heavy atom. The number of benzene rings is 1. The zero-order chi connectivity index (χ0) is 18.4. The summed E-state index contributed by atoms with van der Waals surface area (Å²) in [4.78, 5) is 14.7. The first-order valence-electron chi connectivity index (χ1n) is 8.00. The predicted octanol–water partition coefficient (Wildman–Crippen LogP) is 3.60. The SMILES string of the molecule is COc1ccccc1OCC(=O)NCc1ccc([C@@H](O)c2cccs2)s1. The maximum atomic E-state index is 12.0.